The minimum Gasteiger partial charge on any atom is -0.437 e. The van der Waals surface area contributed by atoms with E-state index >= 15 is 0 Å². The zero-order valence-electron chi connectivity index (χ0n) is 4.74. The Bertz CT molecular complexity index is 149. The van der Waals surface area contributed by atoms with Crippen molar-refractivity contribution >= 4 is 0 Å². The first-order valence-corrected chi connectivity index (χ1v) is 2.34. The SMILES string of the molecule is [CH2]OCOc1ccno1. The Labute approximate surface area is 52.4 Å². The van der Waals surface area contributed by atoms with E-state index in [1.807, 2.05) is 0 Å². The highest BCUT2D eigenvalue weighted by Gasteiger charge is 1.92. The molecule has 0 spiro atoms. The van der Waals surface area contributed by atoms with Crippen molar-refractivity contribution in [2.45, 2.75) is 0 Å². The van der Waals surface area contributed by atoms with Crippen LogP contribution >= 0.6 is 0 Å². The van der Waals surface area contributed by atoms with Gasteiger partial charge in [0.25, 0.3) is 0 Å². The van der Waals surface area contributed by atoms with E-state index in [0.717, 1.165) is 0 Å². The van der Waals surface area contributed by atoms with Gasteiger partial charge in [-0.05, 0) is 0 Å². The summed E-state index contributed by atoms with van der Waals surface area (Å²) in [6.45, 7) is 0.0786. The third kappa shape index (κ3) is 1.73. The van der Waals surface area contributed by atoms with E-state index in [1.54, 1.807) is 6.07 Å². The quantitative estimate of drug-likeness (QED) is 0.565. The average Bonchev–Trinajstić information content (AvgIpc) is 2.34. The standard InChI is InChI=1S/C5H6NO3/c1-7-4-8-5-2-3-6-9-5/h2-3H,1,4H2. The fraction of sp³-hybridized carbons (Fsp3) is 0.200. The maximum absolute atomic E-state index is 4.78. The molecule has 1 heterocycles. The molecule has 1 aromatic rings. The molecule has 0 fully saturated rings. The van der Waals surface area contributed by atoms with Crippen molar-refractivity contribution in [2.75, 3.05) is 6.79 Å². The summed E-state index contributed by atoms with van der Waals surface area (Å²) in [6.07, 6.45) is 1.48. The molecule has 0 saturated carbocycles. The molecule has 4 heteroatoms. The lowest BCUT2D eigenvalue weighted by molar-refractivity contribution is 0.0503. The van der Waals surface area contributed by atoms with E-state index in [9.17, 15) is 0 Å². The van der Waals surface area contributed by atoms with Crippen LogP contribution in [0.4, 0.5) is 0 Å². The Morgan fingerprint density at radius 1 is 1.78 bits per heavy atom. The second kappa shape index (κ2) is 3.09. The second-order valence-corrected chi connectivity index (χ2v) is 1.30. The lowest BCUT2D eigenvalue weighted by Gasteiger charge is -1.95. The van der Waals surface area contributed by atoms with Crippen LogP contribution in [0.2, 0.25) is 0 Å². The maximum Gasteiger partial charge on any atom is 0.313 e. The second-order valence-electron chi connectivity index (χ2n) is 1.30. The van der Waals surface area contributed by atoms with Gasteiger partial charge in [0, 0.05) is 6.07 Å². The first kappa shape index (κ1) is 6.10. The van der Waals surface area contributed by atoms with Gasteiger partial charge in [-0.25, -0.2) is 0 Å². The molecule has 0 amide bonds. The molecule has 1 aromatic heterocycles. The largest absolute Gasteiger partial charge is 0.437 e. The summed E-state index contributed by atoms with van der Waals surface area (Å²) in [5.41, 5.74) is 0. The van der Waals surface area contributed by atoms with Crippen LogP contribution in [-0.2, 0) is 4.74 Å². The van der Waals surface area contributed by atoms with Crippen LogP contribution in [0.3, 0.4) is 0 Å². The van der Waals surface area contributed by atoms with Crippen molar-refractivity contribution in [1.82, 2.24) is 5.16 Å². The fourth-order valence-electron chi connectivity index (χ4n) is 0.378. The highest BCUT2D eigenvalue weighted by Crippen LogP contribution is 2.05. The van der Waals surface area contributed by atoms with Gasteiger partial charge in [-0.1, -0.05) is 5.16 Å². The molecule has 4 nitrogen and oxygen atoms in total. The van der Waals surface area contributed by atoms with Crippen LogP contribution in [-0.4, -0.2) is 11.9 Å². The van der Waals surface area contributed by atoms with Crippen molar-refractivity contribution < 1.29 is 14.0 Å². The Balaban J connectivity index is 2.30. The van der Waals surface area contributed by atoms with E-state index in [4.69, 9.17) is 4.74 Å². The van der Waals surface area contributed by atoms with Gasteiger partial charge in [0.1, 0.15) is 0 Å². The molecular formula is C5H6NO3. The summed E-state index contributed by atoms with van der Waals surface area (Å²) in [4.78, 5) is 0. The molecule has 0 aliphatic carbocycles. The molecule has 9 heavy (non-hydrogen) atoms. The zero-order chi connectivity index (χ0) is 6.53. The molecule has 0 aliphatic heterocycles. The molecule has 0 saturated heterocycles. The lowest BCUT2D eigenvalue weighted by Crippen LogP contribution is -1.95. The average molecular weight is 128 g/mol. The van der Waals surface area contributed by atoms with Gasteiger partial charge in [0.05, 0.1) is 13.3 Å². The molecule has 1 radical (unpaired) electrons. The Kier molecular flexibility index (Phi) is 2.09. The number of hydrogen-bond acceptors (Lipinski definition) is 4. The summed E-state index contributed by atoms with van der Waals surface area (Å²) >= 11 is 0. The number of rotatable bonds is 3. The van der Waals surface area contributed by atoms with Crippen LogP contribution in [0, 0.1) is 7.11 Å². The maximum atomic E-state index is 4.78. The molecule has 0 bridgehead atoms. The summed E-state index contributed by atoms with van der Waals surface area (Å²) in [5.74, 6) is 0.332. The van der Waals surface area contributed by atoms with E-state index < -0.39 is 0 Å². The third-order valence-corrected chi connectivity index (χ3v) is 0.699. The Morgan fingerprint density at radius 2 is 2.67 bits per heavy atom. The minimum atomic E-state index is 0.0786. The smallest absolute Gasteiger partial charge is 0.313 e. The highest BCUT2D eigenvalue weighted by molar-refractivity contribution is 4.98. The molecule has 0 aliphatic rings. The highest BCUT2D eigenvalue weighted by atomic mass is 16.7. The summed E-state index contributed by atoms with van der Waals surface area (Å²) in [7, 11) is 3.10. The van der Waals surface area contributed by atoms with E-state index in [0.29, 0.717) is 5.95 Å². The van der Waals surface area contributed by atoms with Gasteiger partial charge in [0.2, 0.25) is 0 Å². The van der Waals surface area contributed by atoms with Gasteiger partial charge in [-0.3, -0.25) is 0 Å². The first-order valence-electron chi connectivity index (χ1n) is 2.34. The van der Waals surface area contributed by atoms with Gasteiger partial charge >= 0.3 is 5.95 Å². The normalized spacial score (nSPS) is 9.44. The van der Waals surface area contributed by atoms with E-state index in [-0.39, 0.29) is 6.79 Å². The lowest BCUT2D eigenvalue weighted by atomic mass is 10.7. The van der Waals surface area contributed by atoms with Gasteiger partial charge in [-0.2, -0.15) is 0 Å². The Hall–Kier alpha value is -1.03. The number of hydrogen-bond donors (Lipinski definition) is 0. The van der Waals surface area contributed by atoms with E-state index in [1.165, 1.54) is 6.20 Å². The number of ether oxygens (including phenoxy) is 2. The molecule has 0 atom stereocenters. The number of aromatic nitrogens is 1. The van der Waals surface area contributed by atoms with Crippen LogP contribution in [0.5, 0.6) is 5.95 Å². The van der Waals surface area contributed by atoms with Gasteiger partial charge < -0.3 is 14.0 Å². The topological polar surface area (TPSA) is 44.5 Å². The van der Waals surface area contributed by atoms with Crippen LogP contribution in [0.25, 0.3) is 0 Å². The summed E-state index contributed by atoms with van der Waals surface area (Å²) in [6, 6.07) is 1.58. The molecule has 1 rings (SSSR count). The summed E-state index contributed by atoms with van der Waals surface area (Å²) < 4.78 is 13.7. The van der Waals surface area contributed by atoms with Gasteiger partial charge in [0.15, 0.2) is 6.79 Å². The predicted octanol–water partition coefficient (Wildman–Crippen LogP) is 0.819. The van der Waals surface area contributed by atoms with Crippen molar-refractivity contribution in [1.29, 1.82) is 0 Å². The third-order valence-electron chi connectivity index (χ3n) is 0.699. The minimum absolute atomic E-state index is 0.0786. The number of nitrogens with zero attached hydrogens (tertiary/aromatic N) is 1. The monoisotopic (exact) mass is 128 g/mol. The van der Waals surface area contributed by atoms with Crippen LogP contribution < -0.4 is 4.74 Å². The van der Waals surface area contributed by atoms with Crippen molar-refractivity contribution in [2.24, 2.45) is 0 Å². The molecular weight excluding hydrogens is 122 g/mol. The molecule has 49 valence electrons. The first-order chi connectivity index (χ1) is 4.43. The predicted molar refractivity (Wildman–Crippen MR) is 28.4 cm³/mol. The van der Waals surface area contributed by atoms with Crippen molar-refractivity contribution in [3.8, 4) is 5.95 Å². The Morgan fingerprint density at radius 3 is 3.22 bits per heavy atom. The molecule has 0 aromatic carbocycles. The fourth-order valence-corrected chi connectivity index (χ4v) is 0.378. The zero-order valence-corrected chi connectivity index (χ0v) is 4.74. The van der Waals surface area contributed by atoms with Gasteiger partial charge in [-0.15, -0.1) is 0 Å². The van der Waals surface area contributed by atoms with Crippen LogP contribution in [0.1, 0.15) is 0 Å². The van der Waals surface area contributed by atoms with Crippen LogP contribution in [0.15, 0.2) is 16.8 Å². The summed E-state index contributed by atoms with van der Waals surface area (Å²) in [5, 5.41) is 3.40. The molecule has 0 unspecified atom stereocenters. The van der Waals surface area contributed by atoms with Crippen molar-refractivity contribution in [3.63, 3.8) is 0 Å². The van der Waals surface area contributed by atoms with E-state index in [2.05, 4.69) is 21.5 Å². The molecule has 0 N–H and O–H groups in total. The van der Waals surface area contributed by atoms with Crippen molar-refractivity contribution in [3.05, 3.63) is 19.4 Å².